The first kappa shape index (κ1) is 23.2. The number of aromatic nitrogens is 5. The molecule has 0 aliphatic carbocycles. The van der Waals surface area contributed by atoms with Crippen molar-refractivity contribution in [2.75, 3.05) is 6.54 Å². The van der Waals surface area contributed by atoms with Gasteiger partial charge in [0.2, 0.25) is 0 Å². The lowest BCUT2D eigenvalue weighted by Gasteiger charge is -2.34. The molecule has 8 heteroatoms. The van der Waals surface area contributed by atoms with Crippen molar-refractivity contribution in [3.63, 3.8) is 0 Å². The summed E-state index contributed by atoms with van der Waals surface area (Å²) in [6, 6.07) is 20.3. The smallest absolute Gasteiger partial charge is 0.253 e. The average Bonchev–Trinajstić information content (AvgIpc) is 3.34. The van der Waals surface area contributed by atoms with Crippen LogP contribution in [-0.4, -0.2) is 36.6 Å². The zero-order valence-electron chi connectivity index (χ0n) is 20.8. The van der Waals surface area contributed by atoms with Gasteiger partial charge >= 0.3 is 0 Å². The lowest BCUT2D eigenvalue weighted by atomic mass is 9.95. The number of hydrogen-bond acceptors (Lipinski definition) is 5. The number of H-pyrrole nitrogens is 1. The van der Waals surface area contributed by atoms with Gasteiger partial charge in [0.1, 0.15) is 11.9 Å². The van der Waals surface area contributed by atoms with Gasteiger partial charge in [-0.1, -0.05) is 36.4 Å². The van der Waals surface area contributed by atoms with Crippen LogP contribution in [-0.2, 0) is 19.5 Å². The molecule has 1 unspecified atom stereocenters. The molecule has 0 spiro atoms. The second-order valence-corrected chi connectivity index (χ2v) is 9.79. The first-order valence-electron chi connectivity index (χ1n) is 12.4. The van der Waals surface area contributed by atoms with Gasteiger partial charge in [0, 0.05) is 24.2 Å². The third-order valence-corrected chi connectivity index (χ3v) is 7.36. The minimum Gasteiger partial charge on any atom is -0.322 e. The van der Waals surface area contributed by atoms with Crippen molar-refractivity contribution in [3.8, 4) is 0 Å². The summed E-state index contributed by atoms with van der Waals surface area (Å²) in [7, 11) is 0. The predicted molar refractivity (Wildman–Crippen MR) is 140 cm³/mol. The van der Waals surface area contributed by atoms with Crippen LogP contribution in [0.1, 0.15) is 45.2 Å². The monoisotopic (exact) mass is 494 g/mol. The molecule has 0 radical (unpaired) electrons. The van der Waals surface area contributed by atoms with Crippen LogP contribution in [0.4, 0.5) is 4.39 Å². The van der Waals surface area contributed by atoms with Gasteiger partial charge in [-0.05, 0) is 94.2 Å². The number of rotatable bonds is 5. The maximum atomic E-state index is 13.6. The van der Waals surface area contributed by atoms with E-state index in [-0.39, 0.29) is 11.4 Å². The zero-order chi connectivity index (χ0) is 25.5. The Hall–Kier alpha value is -4.17. The summed E-state index contributed by atoms with van der Waals surface area (Å²) in [4.78, 5) is 18.9. The maximum Gasteiger partial charge on any atom is 0.253 e. The van der Waals surface area contributed by atoms with E-state index in [2.05, 4.69) is 56.6 Å². The number of tetrazole rings is 1. The number of aromatic amines is 1. The number of fused-ring (bicyclic) bond motifs is 2. The Morgan fingerprint density at radius 2 is 1.76 bits per heavy atom. The van der Waals surface area contributed by atoms with Crippen molar-refractivity contribution in [2.45, 2.75) is 39.4 Å². The van der Waals surface area contributed by atoms with Crippen molar-refractivity contribution in [2.24, 2.45) is 0 Å². The minimum absolute atomic E-state index is 0.157. The zero-order valence-corrected chi connectivity index (χ0v) is 20.8. The number of hydrogen-bond donors (Lipinski definition) is 1. The standard InChI is InChI=1S/C29H27FN6O/c1-18-13-23-15-25(29(37)31-26(23)14-19(18)2)27(35-12-11-21-5-3-4-6-22(21)17-35)28-32-33-34-36(28)16-20-7-9-24(30)10-8-20/h3-10,13-15,27H,11-12,16-17H2,1-2H3,(H,31,37). The summed E-state index contributed by atoms with van der Waals surface area (Å²) in [6.07, 6.45) is 0.871. The summed E-state index contributed by atoms with van der Waals surface area (Å²) in [5.74, 6) is 0.288. The SMILES string of the molecule is Cc1cc2cc(C(c3nnnn3Cc3ccc(F)cc3)N3CCc4ccccc4C3)c(=O)[nH]c2cc1C. The summed E-state index contributed by atoms with van der Waals surface area (Å²) < 4.78 is 15.2. The predicted octanol–water partition coefficient (Wildman–Crippen LogP) is 4.47. The quantitative estimate of drug-likeness (QED) is 0.390. The number of benzene rings is 3. The van der Waals surface area contributed by atoms with E-state index < -0.39 is 6.04 Å². The van der Waals surface area contributed by atoms with Crippen LogP contribution in [0.5, 0.6) is 0 Å². The molecule has 37 heavy (non-hydrogen) atoms. The summed E-state index contributed by atoms with van der Waals surface area (Å²) in [5.41, 5.74) is 6.98. The molecule has 0 fully saturated rings. The molecule has 3 heterocycles. The van der Waals surface area contributed by atoms with Crippen LogP contribution in [0.15, 0.2) is 71.5 Å². The maximum absolute atomic E-state index is 13.6. The van der Waals surface area contributed by atoms with Crippen LogP contribution < -0.4 is 5.56 Å². The Morgan fingerprint density at radius 3 is 2.57 bits per heavy atom. The molecule has 1 atom stereocenters. The largest absolute Gasteiger partial charge is 0.322 e. The fourth-order valence-corrected chi connectivity index (χ4v) is 5.22. The second kappa shape index (κ2) is 9.37. The van der Waals surface area contributed by atoms with Crippen LogP contribution in [0.3, 0.4) is 0 Å². The highest BCUT2D eigenvalue weighted by Gasteiger charge is 2.32. The molecule has 3 aromatic carbocycles. The van der Waals surface area contributed by atoms with Crippen molar-refractivity contribution in [1.82, 2.24) is 30.1 Å². The van der Waals surface area contributed by atoms with Crippen LogP contribution in [0.25, 0.3) is 10.9 Å². The number of nitrogens with one attached hydrogen (secondary N) is 1. The van der Waals surface area contributed by atoms with Gasteiger partial charge in [-0.3, -0.25) is 9.69 Å². The first-order chi connectivity index (χ1) is 18.0. The highest BCUT2D eigenvalue weighted by molar-refractivity contribution is 5.81. The second-order valence-electron chi connectivity index (χ2n) is 9.79. The topological polar surface area (TPSA) is 79.7 Å². The Kier molecular flexibility index (Phi) is 5.88. The molecule has 7 nitrogen and oxygen atoms in total. The Bertz CT molecular complexity index is 1660. The van der Waals surface area contributed by atoms with E-state index in [4.69, 9.17) is 0 Å². The van der Waals surface area contributed by atoms with Crippen molar-refractivity contribution in [1.29, 1.82) is 0 Å². The Balaban J connectivity index is 1.48. The summed E-state index contributed by atoms with van der Waals surface area (Å²) in [5, 5.41) is 13.6. The number of nitrogens with zero attached hydrogens (tertiary/aromatic N) is 5. The fourth-order valence-electron chi connectivity index (χ4n) is 5.22. The van der Waals surface area contributed by atoms with E-state index in [1.165, 1.54) is 23.3 Å². The van der Waals surface area contributed by atoms with Gasteiger partial charge in [0.25, 0.3) is 5.56 Å². The molecule has 186 valence electrons. The summed E-state index contributed by atoms with van der Waals surface area (Å²) >= 11 is 0. The molecule has 1 aliphatic rings. The fraction of sp³-hybridized carbons (Fsp3) is 0.241. The molecule has 1 aliphatic heterocycles. The van der Waals surface area contributed by atoms with Crippen molar-refractivity contribution < 1.29 is 4.39 Å². The normalized spacial score (nSPS) is 14.6. The summed E-state index contributed by atoms with van der Waals surface area (Å²) in [6.45, 7) is 5.91. The van der Waals surface area contributed by atoms with E-state index in [9.17, 15) is 9.18 Å². The van der Waals surface area contributed by atoms with Gasteiger partial charge in [-0.15, -0.1) is 5.10 Å². The van der Waals surface area contributed by atoms with Crippen molar-refractivity contribution >= 4 is 10.9 Å². The third-order valence-electron chi connectivity index (χ3n) is 7.36. The van der Waals surface area contributed by atoms with E-state index in [1.807, 2.05) is 25.1 Å². The molecule has 5 aromatic rings. The van der Waals surface area contributed by atoms with Gasteiger partial charge in [0.05, 0.1) is 6.54 Å². The minimum atomic E-state index is -0.460. The highest BCUT2D eigenvalue weighted by Crippen LogP contribution is 2.32. The average molecular weight is 495 g/mol. The molecular formula is C29H27FN6O. The van der Waals surface area contributed by atoms with Gasteiger partial charge in [0.15, 0.2) is 5.82 Å². The number of pyridine rings is 1. The lowest BCUT2D eigenvalue weighted by Crippen LogP contribution is -2.38. The molecule has 2 aromatic heterocycles. The lowest BCUT2D eigenvalue weighted by molar-refractivity contribution is 0.194. The van der Waals surface area contributed by atoms with Gasteiger partial charge in [-0.25, -0.2) is 9.07 Å². The van der Waals surface area contributed by atoms with Gasteiger partial charge < -0.3 is 4.98 Å². The van der Waals surface area contributed by atoms with Crippen LogP contribution >= 0.6 is 0 Å². The number of halogens is 1. The third kappa shape index (κ3) is 4.44. The number of aryl methyl sites for hydroxylation is 2. The molecular weight excluding hydrogens is 467 g/mol. The van der Waals surface area contributed by atoms with E-state index in [0.29, 0.717) is 24.5 Å². The molecule has 0 saturated carbocycles. The molecule has 0 amide bonds. The van der Waals surface area contributed by atoms with E-state index >= 15 is 0 Å². The highest BCUT2D eigenvalue weighted by atomic mass is 19.1. The first-order valence-corrected chi connectivity index (χ1v) is 12.4. The molecule has 0 bridgehead atoms. The van der Waals surface area contributed by atoms with Crippen LogP contribution in [0.2, 0.25) is 0 Å². The van der Waals surface area contributed by atoms with E-state index in [1.54, 1.807) is 16.8 Å². The Morgan fingerprint density at radius 1 is 1.00 bits per heavy atom. The van der Waals surface area contributed by atoms with E-state index in [0.717, 1.165) is 40.6 Å². The molecule has 0 saturated heterocycles. The Labute approximate surface area is 213 Å². The molecule has 1 N–H and O–H groups in total. The molecule has 6 rings (SSSR count). The van der Waals surface area contributed by atoms with Crippen molar-refractivity contribution in [3.05, 3.63) is 122 Å². The van der Waals surface area contributed by atoms with Gasteiger partial charge in [-0.2, -0.15) is 0 Å². The van der Waals surface area contributed by atoms with Crippen LogP contribution in [0, 0.1) is 19.7 Å².